The second-order valence-corrected chi connectivity index (χ2v) is 4.62. The van der Waals surface area contributed by atoms with Crippen molar-refractivity contribution in [3.05, 3.63) is 0 Å². The number of primary sulfonamides is 1. The minimum atomic E-state index is -3.65. The van der Waals surface area contributed by atoms with Crippen molar-refractivity contribution in [1.29, 1.82) is 0 Å². The number of sulfonamides is 1. The molecule has 1 atom stereocenters. The SMILES string of the molecule is CCOC(=O)C(N)C(=O)NCCS(N)(=O)=O. The summed E-state index contributed by atoms with van der Waals surface area (Å²) < 4.78 is 25.5. The van der Waals surface area contributed by atoms with E-state index in [1.54, 1.807) is 6.92 Å². The Morgan fingerprint density at radius 1 is 1.44 bits per heavy atom. The molecule has 0 aliphatic heterocycles. The maximum atomic E-state index is 11.2. The first kappa shape index (κ1) is 14.8. The fourth-order valence-electron chi connectivity index (χ4n) is 0.766. The van der Waals surface area contributed by atoms with Gasteiger partial charge in [0.25, 0.3) is 0 Å². The molecular formula is C7H15N3O5S. The summed E-state index contributed by atoms with van der Waals surface area (Å²) in [5.41, 5.74) is 5.23. The Bertz CT molecular complexity index is 353. The van der Waals surface area contributed by atoms with Crippen LogP contribution in [0.1, 0.15) is 6.92 Å². The smallest absolute Gasteiger partial charge is 0.332 e. The van der Waals surface area contributed by atoms with E-state index < -0.39 is 33.7 Å². The van der Waals surface area contributed by atoms with E-state index in [0.717, 1.165) is 0 Å². The van der Waals surface area contributed by atoms with Gasteiger partial charge < -0.3 is 15.8 Å². The summed E-state index contributed by atoms with van der Waals surface area (Å²) in [6.07, 6.45) is 0. The molecule has 9 heteroatoms. The van der Waals surface area contributed by atoms with E-state index in [1.165, 1.54) is 0 Å². The Morgan fingerprint density at radius 2 is 2.00 bits per heavy atom. The van der Waals surface area contributed by atoms with Crippen LogP contribution in [0.25, 0.3) is 0 Å². The van der Waals surface area contributed by atoms with Crippen LogP contribution in [0.5, 0.6) is 0 Å². The van der Waals surface area contributed by atoms with Gasteiger partial charge in [-0.1, -0.05) is 0 Å². The molecule has 1 unspecified atom stereocenters. The second kappa shape index (κ2) is 6.40. The Labute approximate surface area is 93.4 Å². The van der Waals surface area contributed by atoms with Gasteiger partial charge in [0.2, 0.25) is 15.9 Å². The van der Waals surface area contributed by atoms with Crippen LogP contribution in [0.15, 0.2) is 0 Å². The Kier molecular flexibility index (Phi) is 5.93. The van der Waals surface area contributed by atoms with Crippen molar-refractivity contribution in [2.45, 2.75) is 13.0 Å². The van der Waals surface area contributed by atoms with Crippen LogP contribution in [0.2, 0.25) is 0 Å². The highest BCUT2D eigenvalue weighted by molar-refractivity contribution is 7.89. The quantitative estimate of drug-likeness (QED) is 0.347. The predicted octanol–water partition coefficient (Wildman–Crippen LogP) is -2.72. The average Bonchev–Trinajstić information content (AvgIpc) is 2.14. The van der Waals surface area contributed by atoms with Crippen LogP contribution in [0.4, 0.5) is 0 Å². The molecule has 0 aliphatic carbocycles. The van der Waals surface area contributed by atoms with E-state index in [0.29, 0.717) is 0 Å². The minimum Gasteiger partial charge on any atom is -0.464 e. The van der Waals surface area contributed by atoms with Crippen LogP contribution in [-0.2, 0) is 24.3 Å². The molecule has 8 nitrogen and oxygen atoms in total. The summed E-state index contributed by atoms with van der Waals surface area (Å²) in [6, 6.07) is -1.46. The summed E-state index contributed by atoms with van der Waals surface area (Å²) in [7, 11) is -3.65. The maximum Gasteiger partial charge on any atom is 0.332 e. The van der Waals surface area contributed by atoms with Crippen molar-refractivity contribution in [1.82, 2.24) is 5.32 Å². The monoisotopic (exact) mass is 253 g/mol. The van der Waals surface area contributed by atoms with Crippen LogP contribution in [-0.4, -0.2) is 45.2 Å². The number of esters is 1. The normalized spacial score (nSPS) is 12.9. The molecule has 1 amide bonds. The molecule has 0 bridgehead atoms. The number of hydrogen-bond donors (Lipinski definition) is 3. The summed E-state index contributed by atoms with van der Waals surface area (Å²) in [5, 5.41) is 6.86. The molecule has 5 N–H and O–H groups in total. The average molecular weight is 253 g/mol. The van der Waals surface area contributed by atoms with E-state index in [-0.39, 0.29) is 13.2 Å². The van der Waals surface area contributed by atoms with E-state index >= 15 is 0 Å². The lowest BCUT2D eigenvalue weighted by Crippen LogP contribution is -2.48. The molecule has 94 valence electrons. The molecule has 0 aromatic rings. The molecule has 0 radical (unpaired) electrons. The van der Waals surface area contributed by atoms with Gasteiger partial charge in [-0.3, -0.25) is 4.79 Å². The van der Waals surface area contributed by atoms with Gasteiger partial charge in [0.1, 0.15) is 0 Å². The van der Waals surface area contributed by atoms with E-state index in [4.69, 9.17) is 10.9 Å². The van der Waals surface area contributed by atoms with E-state index in [1.807, 2.05) is 0 Å². The van der Waals surface area contributed by atoms with Crippen LogP contribution in [0.3, 0.4) is 0 Å². The topological polar surface area (TPSA) is 142 Å². The van der Waals surface area contributed by atoms with Crippen molar-refractivity contribution in [2.75, 3.05) is 18.9 Å². The molecule has 0 heterocycles. The third kappa shape index (κ3) is 6.32. The minimum absolute atomic E-state index is 0.108. The number of amides is 1. The summed E-state index contributed by atoms with van der Waals surface area (Å²) in [4.78, 5) is 22.2. The van der Waals surface area contributed by atoms with Crippen molar-refractivity contribution < 1.29 is 22.7 Å². The number of nitrogens with one attached hydrogen (secondary N) is 1. The standard InChI is InChI=1S/C7H15N3O5S/c1-2-15-7(12)5(8)6(11)10-3-4-16(9,13)14/h5H,2-4,8H2,1H3,(H,10,11)(H2,9,13,14). The van der Waals surface area contributed by atoms with Crippen LogP contribution < -0.4 is 16.2 Å². The van der Waals surface area contributed by atoms with Crippen molar-refractivity contribution >= 4 is 21.9 Å². The third-order valence-corrected chi connectivity index (χ3v) is 2.28. The molecule has 16 heavy (non-hydrogen) atoms. The molecule has 0 saturated carbocycles. The predicted molar refractivity (Wildman–Crippen MR) is 55.6 cm³/mol. The lowest BCUT2D eigenvalue weighted by molar-refractivity contribution is -0.147. The Hall–Kier alpha value is -1.19. The maximum absolute atomic E-state index is 11.2. The Balaban J connectivity index is 4.02. The molecule has 0 saturated heterocycles. The zero-order valence-electron chi connectivity index (χ0n) is 8.80. The largest absolute Gasteiger partial charge is 0.464 e. The zero-order chi connectivity index (χ0) is 12.8. The third-order valence-electron chi connectivity index (χ3n) is 1.51. The van der Waals surface area contributed by atoms with Gasteiger partial charge >= 0.3 is 5.97 Å². The van der Waals surface area contributed by atoms with Crippen molar-refractivity contribution in [2.24, 2.45) is 10.9 Å². The second-order valence-electron chi connectivity index (χ2n) is 2.89. The highest BCUT2D eigenvalue weighted by atomic mass is 32.2. The molecule has 0 spiro atoms. The van der Waals surface area contributed by atoms with Gasteiger partial charge in [0.05, 0.1) is 12.4 Å². The molecule has 0 fully saturated rings. The first-order valence-electron chi connectivity index (χ1n) is 4.48. The van der Waals surface area contributed by atoms with Gasteiger partial charge in [-0.2, -0.15) is 0 Å². The van der Waals surface area contributed by atoms with Gasteiger partial charge in [-0.15, -0.1) is 0 Å². The van der Waals surface area contributed by atoms with Crippen molar-refractivity contribution in [3.63, 3.8) is 0 Å². The highest BCUT2D eigenvalue weighted by Gasteiger charge is 2.23. The molecular weight excluding hydrogens is 238 g/mol. The summed E-state index contributed by atoms with van der Waals surface area (Å²) >= 11 is 0. The summed E-state index contributed by atoms with van der Waals surface area (Å²) in [5.74, 6) is -2.09. The molecule has 0 aromatic carbocycles. The number of hydrogen-bond acceptors (Lipinski definition) is 6. The van der Waals surface area contributed by atoms with Crippen LogP contribution >= 0.6 is 0 Å². The number of ether oxygens (including phenoxy) is 1. The number of carbonyl (C=O) groups excluding carboxylic acids is 2. The number of nitrogens with two attached hydrogens (primary N) is 2. The van der Waals surface area contributed by atoms with Gasteiger partial charge in [-0.25, -0.2) is 18.4 Å². The van der Waals surface area contributed by atoms with Crippen LogP contribution in [0, 0.1) is 0 Å². The van der Waals surface area contributed by atoms with E-state index in [9.17, 15) is 18.0 Å². The molecule has 0 aliphatic rings. The lowest BCUT2D eigenvalue weighted by Gasteiger charge is -2.10. The first-order chi connectivity index (χ1) is 7.28. The van der Waals surface area contributed by atoms with E-state index in [2.05, 4.69) is 10.1 Å². The zero-order valence-corrected chi connectivity index (χ0v) is 9.62. The van der Waals surface area contributed by atoms with Gasteiger partial charge in [0, 0.05) is 6.54 Å². The highest BCUT2D eigenvalue weighted by Crippen LogP contribution is 1.86. The number of carbonyl (C=O) groups is 2. The fraction of sp³-hybridized carbons (Fsp3) is 0.714. The van der Waals surface area contributed by atoms with Crippen molar-refractivity contribution in [3.8, 4) is 0 Å². The summed E-state index contributed by atoms with van der Waals surface area (Å²) in [6.45, 7) is 1.48. The van der Waals surface area contributed by atoms with Gasteiger partial charge in [0.15, 0.2) is 6.04 Å². The molecule has 0 aromatic heterocycles. The fourth-order valence-corrected chi connectivity index (χ4v) is 1.15. The molecule has 0 rings (SSSR count). The number of rotatable bonds is 6. The lowest BCUT2D eigenvalue weighted by atomic mass is 10.3. The Morgan fingerprint density at radius 3 is 2.44 bits per heavy atom. The van der Waals surface area contributed by atoms with Gasteiger partial charge in [-0.05, 0) is 6.92 Å². The first-order valence-corrected chi connectivity index (χ1v) is 6.20.